The predicted octanol–water partition coefficient (Wildman–Crippen LogP) is 1.74. The van der Waals surface area contributed by atoms with Crippen LogP contribution >= 0.6 is 0 Å². The molecule has 0 atom stereocenters. The van der Waals surface area contributed by atoms with Gasteiger partial charge in [0.15, 0.2) is 0 Å². The molecule has 2 aromatic heterocycles. The molecule has 0 aliphatic heterocycles. The summed E-state index contributed by atoms with van der Waals surface area (Å²) in [6.07, 6.45) is 0. The molecule has 0 spiro atoms. The molecule has 2 heterocycles. The topological polar surface area (TPSA) is 98.5 Å². The SMILES string of the molecule is Cc1ccc(CNS(=O)(=O)c2c(C)oc(C)c2CN)o1. The van der Waals surface area contributed by atoms with Crippen molar-refractivity contribution in [2.24, 2.45) is 5.73 Å². The molecular weight excluding hydrogens is 280 g/mol. The van der Waals surface area contributed by atoms with E-state index in [1.54, 1.807) is 32.9 Å². The lowest BCUT2D eigenvalue weighted by atomic mass is 10.2. The van der Waals surface area contributed by atoms with Crippen molar-refractivity contribution < 1.29 is 17.3 Å². The fourth-order valence-corrected chi connectivity index (χ4v) is 3.56. The second kappa shape index (κ2) is 5.43. The van der Waals surface area contributed by atoms with Gasteiger partial charge < -0.3 is 14.6 Å². The van der Waals surface area contributed by atoms with E-state index in [-0.39, 0.29) is 18.0 Å². The standard InChI is InChI=1S/C13H18N2O4S/c1-8-4-5-11(18-8)7-15-20(16,17)13-10(3)19-9(2)12(13)6-14/h4-5,15H,6-7,14H2,1-3H3. The molecule has 0 fully saturated rings. The van der Waals surface area contributed by atoms with E-state index in [0.29, 0.717) is 22.8 Å². The van der Waals surface area contributed by atoms with Crippen molar-refractivity contribution in [1.29, 1.82) is 0 Å². The summed E-state index contributed by atoms with van der Waals surface area (Å²) in [7, 11) is -3.69. The van der Waals surface area contributed by atoms with Gasteiger partial charge in [0.05, 0.1) is 6.54 Å². The number of furan rings is 2. The summed E-state index contributed by atoms with van der Waals surface area (Å²) in [6, 6.07) is 3.51. The zero-order valence-corrected chi connectivity index (χ0v) is 12.5. The highest BCUT2D eigenvalue weighted by atomic mass is 32.2. The molecule has 0 amide bonds. The summed E-state index contributed by atoms with van der Waals surface area (Å²) in [5, 5.41) is 0. The van der Waals surface area contributed by atoms with Gasteiger partial charge in [0.25, 0.3) is 0 Å². The van der Waals surface area contributed by atoms with Gasteiger partial charge in [0.2, 0.25) is 10.0 Å². The Kier molecular flexibility index (Phi) is 4.03. The first-order chi connectivity index (χ1) is 9.35. The van der Waals surface area contributed by atoms with Crippen LogP contribution in [0, 0.1) is 20.8 Å². The highest BCUT2D eigenvalue weighted by Gasteiger charge is 2.26. The van der Waals surface area contributed by atoms with Gasteiger partial charge in [-0.3, -0.25) is 0 Å². The molecular formula is C13H18N2O4S. The number of sulfonamides is 1. The summed E-state index contributed by atoms with van der Waals surface area (Å²) in [6.45, 7) is 5.30. The van der Waals surface area contributed by atoms with E-state index in [9.17, 15) is 8.42 Å². The monoisotopic (exact) mass is 298 g/mol. The molecule has 0 saturated carbocycles. The van der Waals surface area contributed by atoms with Crippen molar-refractivity contribution in [3.8, 4) is 0 Å². The zero-order chi connectivity index (χ0) is 14.9. The number of hydrogen-bond acceptors (Lipinski definition) is 5. The Morgan fingerprint density at radius 2 is 1.85 bits per heavy atom. The van der Waals surface area contributed by atoms with E-state index in [4.69, 9.17) is 14.6 Å². The lowest BCUT2D eigenvalue weighted by molar-refractivity contribution is 0.474. The lowest BCUT2D eigenvalue weighted by Crippen LogP contribution is -2.24. The Bertz CT molecular complexity index is 713. The molecule has 6 nitrogen and oxygen atoms in total. The number of rotatable bonds is 5. The highest BCUT2D eigenvalue weighted by molar-refractivity contribution is 7.89. The first-order valence-electron chi connectivity index (χ1n) is 6.19. The molecule has 0 aromatic carbocycles. The van der Waals surface area contributed by atoms with Gasteiger partial charge in [0.1, 0.15) is 27.9 Å². The van der Waals surface area contributed by atoms with E-state index in [0.717, 1.165) is 5.76 Å². The summed E-state index contributed by atoms with van der Waals surface area (Å²) < 4.78 is 37.9. The van der Waals surface area contributed by atoms with Gasteiger partial charge in [0, 0.05) is 12.1 Å². The van der Waals surface area contributed by atoms with Gasteiger partial charge >= 0.3 is 0 Å². The smallest absolute Gasteiger partial charge is 0.244 e. The molecule has 110 valence electrons. The van der Waals surface area contributed by atoms with Crippen molar-refractivity contribution in [3.05, 3.63) is 40.7 Å². The number of hydrogen-bond donors (Lipinski definition) is 2. The maximum Gasteiger partial charge on any atom is 0.244 e. The van der Waals surface area contributed by atoms with Gasteiger partial charge in [-0.2, -0.15) is 0 Å². The Morgan fingerprint density at radius 1 is 1.15 bits per heavy atom. The molecule has 0 unspecified atom stereocenters. The number of aryl methyl sites for hydroxylation is 3. The summed E-state index contributed by atoms with van der Waals surface area (Å²) in [4.78, 5) is 0.126. The van der Waals surface area contributed by atoms with Crippen LogP contribution in [0.1, 0.15) is 28.6 Å². The molecule has 3 N–H and O–H groups in total. The molecule has 0 radical (unpaired) electrons. The largest absolute Gasteiger partial charge is 0.465 e. The van der Waals surface area contributed by atoms with Crippen molar-refractivity contribution in [2.75, 3.05) is 0 Å². The molecule has 2 aromatic rings. The summed E-state index contributed by atoms with van der Waals surface area (Å²) in [5.41, 5.74) is 6.11. The molecule has 2 rings (SSSR count). The zero-order valence-electron chi connectivity index (χ0n) is 11.7. The average molecular weight is 298 g/mol. The predicted molar refractivity (Wildman–Crippen MR) is 73.5 cm³/mol. The van der Waals surface area contributed by atoms with E-state index < -0.39 is 10.0 Å². The van der Waals surface area contributed by atoms with Crippen LogP contribution in [-0.4, -0.2) is 8.42 Å². The molecule has 7 heteroatoms. The molecule has 0 aliphatic carbocycles. The third kappa shape index (κ3) is 2.79. The van der Waals surface area contributed by atoms with Gasteiger partial charge in [-0.1, -0.05) is 0 Å². The third-order valence-electron chi connectivity index (χ3n) is 3.03. The Labute approximate surface area is 118 Å². The van der Waals surface area contributed by atoms with Crippen LogP contribution in [0.15, 0.2) is 25.9 Å². The average Bonchev–Trinajstić information content (AvgIpc) is 2.90. The van der Waals surface area contributed by atoms with Gasteiger partial charge in [-0.05, 0) is 32.9 Å². The maximum atomic E-state index is 12.4. The highest BCUT2D eigenvalue weighted by Crippen LogP contribution is 2.26. The van der Waals surface area contributed by atoms with Gasteiger partial charge in [-0.25, -0.2) is 13.1 Å². The van der Waals surface area contributed by atoms with Crippen LogP contribution in [-0.2, 0) is 23.1 Å². The van der Waals surface area contributed by atoms with E-state index in [1.165, 1.54) is 0 Å². The molecule has 0 bridgehead atoms. The minimum atomic E-state index is -3.69. The first-order valence-corrected chi connectivity index (χ1v) is 7.67. The van der Waals surface area contributed by atoms with Crippen LogP contribution < -0.4 is 10.5 Å². The quantitative estimate of drug-likeness (QED) is 0.876. The molecule has 20 heavy (non-hydrogen) atoms. The summed E-state index contributed by atoms with van der Waals surface area (Å²) >= 11 is 0. The second-order valence-electron chi connectivity index (χ2n) is 4.56. The molecule has 0 saturated heterocycles. The van der Waals surface area contributed by atoms with Crippen LogP contribution in [0.5, 0.6) is 0 Å². The lowest BCUT2D eigenvalue weighted by Gasteiger charge is -2.06. The minimum absolute atomic E-state index is 0.0872. The van der Waals surface area contributed by atoms with Crippen molar-refractivity contribution in [3.63, 3.8) is 0 Å². The number of nitrogens with one attached hydrogen (secondary N) is 1. The van der Waals surface area contributed by atoms with Crippen molar-refractivity contribution in [1.82, 2.24) is 4.72 Å². The minimum Gasteiger partial charge on any atom is -0.465 e. The van der Waals surface area contributed by atoms with E-state index in [1.807, 2.05) is 0 Å². The second-order valence-corrected chi connectivity index (χ2v) is 6.27. The third-order valence-corrected chi connectivity index (χ3v) is 4.63. The van der Waals surface area contributed by atoms with Gasteiger partial charge in [-0.15, -0.1) is 0 Å². The summed E-state index contributed by atoms with van der Waals surface area (Å²) in [5.74, 6) is 2.15. The van der Waals surface area contributed by atoms with Crippen LogP contribution in [0.2, 0.25) is 0 Å². The first kappa shape index (κ1) is 14.8. The number of nitrogens with two attached hydrogens (primary N) is 1. The van der Waals surface area contributed by atoms with Crippen LogP contribution in [0.3, 0.4) is 0 Å². The Hall–Kier alpha value is -1.57. The van der Waals surface area contributed by atoms with Crippen LogP contribution in [0.25, 0.3) is 0 Å². The van der Waals surface area contributed by atoms with Crippen molar-refractivity contribution >= 4 is 10.0 Å². The van der Waals surface area contributed by atoms with E-state index in [2.05, 4.69) is 4.72 Å². The molecule has 0 aliphatic rings. The van der Waals surface area contributed by atoms with E-state index >= 15 is 0 Å². The van der Waals surface area contributed by atoms with Crippen molar-refractivity contribution in [2.45, 2.75) is 38.8 Å². The normalized spacial score (nSPS) is 12.0. The Morgan fingerprint density at radius 3 is 2.40 bits per heavy atom. The Balaban J connectivity index is 2.27. The maximum absolute atomic E-state index is 12.4. The van der Waals surface area contributed by atoms with Crippen LogP contribution in [0.4, 0.5) is 0 Å². The fourth-order valence-electron chi connectivity index (χ4n) is 2.12. The fraction of sp³-hybridized carbons (Fsp3) is 0.385.